The molecule has 0 bridgehead atoms. The zero-order valence-electron chi connectivity index (χ0n) is 8.95. The van der Waals surface area contributed by atoms with Crippen LogP contribution in [0.3, 0.4) is 0 Å². The molecule has 1 aliphatic rings. The summed E-state index contributed by atoms with van der Waals surface area (Å²) >= 11 is 0. The van der Waals surface area contributed by atoms with Gasteiger partial charge in [0.15, 0.2) is 0 Å². The van der Waals surface area contributed by atoms with Crippen molar-refractivity contribution >= 4 is 5.91 Å². The second-order valence-electron chi connectivity index (χ2n) is 4.05. The number of hydrogen-bond donors (Lipinski definition) is 4. The van der Waals surface area contributed by atoms with E-state index in [1.165, 1.54) is 18.2 Å². The molecule has 1 aromatic carbocycles. The van der Waals surface area contributed by atoms with Crippen LogP contribution >= 0.6 is 0 Å². The van der Waals surface area contributed by atoms with Gasteiger partial charge in [-0.15, -0.1) is 0 Å². The summed E-state index contributed by atoms with van der Waals surface area (Å²) in [5, 5.41) is 24.6. The molecule has 2 rings (SSSR count). The molecular formula is C11H14N2O3. The second-order valence-corrected chi connectivity index (χ2v) is 4.05. The van der Waals surface area contributed by atoms with Crippen molar-refractivity contribution in [3.8, 4) is 11.5 Å². The molecule has 86 valence electrons. The first-order valence-corrected chi connectivity index (χ1v) is 5.09. The van der Waals surface area contributed by atoms with Gasteiger partial charge < -0.3 is 15.5 Å². The summed E-state index contributed by atoms with van der Waals surface area (Å²) in [5.41, 5.74) is -0.365. The van der Waals surface area contributed by atoms with Crippen LogP contribution in [0.2, 0.25) is 0 Å². The number of hydrogen-bond acceptors (Lipinski definition) is 4. The lowest BCUT2D eigenvalue weighted by atomic mass is 9.89. The molecule has 0 spiro atoms. The number of phenolic OH excluding ortho intramolecular Hbond substituents is 2. The van der Waals surface area contributed by atoms with Crippen molar-refractivity contribution in [1.82, 2.24) is 10.6 Å². The van der Waals surface area contributed by atoms with E-state index in [2.05, 4.69) is 10.6 Å². The maximum Gasteiger partial charge on any atom is 0.244 e. The fourth-order valence-corrected chi connectivity index (χ4v) is 1.86. The zero-order chi connectivity index (χ0) is 11.8. The van der Waals surface area contributed by atoms with E-state index in [1.54, 1.807) is 6.92 Å². The number of carbonyl (C=O) groups is 1. The Hall–Kier alpha value is -1.75. The van der Waals surface area contributed by atoms with Crippen LogP contribution in [0.4, 0.5) is 0 Å². The Labute approximate surface area is 93.1 Å². The van der Waals surface area contributed by atoms with E-state index in [0.29, 0.717) is 18.7 Å². The maximum absolute atomic E-state index is 11.8. The highest BCUT2D eigenvalue weighted by atomic mass is 16.3. The third-order valence-electron chi connectivity index (χ3n) is 2.82. The summed E-state index contributed by atoms with van der Waals surface area (Å²) in [6, 6.07) is 4.17. The lowest BCUT2D eigenvalue weighted by Gasteiger charge is -2.34. The lowest BCUT2D eigenvalue weighted by molar-refractivity contribution is -0.128. The predicted molar refractivity (Wildman–Crippen MR) is 58.1 cm³/mol. The van der Waals surface area contributed by atoms with E-state index in [9.17, 15) is 15.0 Å². The minimum Gasteiger partial charge on any atom is -0.508 e. The Morgan fingerprint density at radius 1 is 1.19 bits per heavy atom. The number of nitrogens with one attached hydrogen (secondary N) is 2. The summed E-state index contributed by atoms with van der Waals surface area (Å²) in [4.78, 5) is 11.8. The SMILES string of the molecule is CC1(c2cc(O)cc(O)c2)NCCNC1=O. The number of rotatable bonds is 1. The molecule has 0 saturated carbocycles. The van der Waals surface area contributed by atoms with Crippen LogP contribution < -0.4 is 10.6 Å². The van der Waals surface area contributed by atoms with Gasteiger partial charge in [-0.3, -0.25) is 10.1 Å². The molecule has 5 nitrogen and oxygen atoms in total. The first-order valence-electron chi connectivity index (χ1n) is 5.09. The van der Waals surface area contributed by atoms with Crippen LogP contribution in [-0.4, -0.2) is 29.2 Å². The average molecular weight is 222 g/mol. The molecule has 1 aromatic rings. The molecule has 1 fully saturated rings. The fraction of sp³-hybridized carbons (Fsp3) is 0.364. The fourth-order valence-electron chi connectivity index (χ4n) is 1.86. The van der Waals surface area contributed by atoms with Gasteiger partial charge in [-0.2, -0.15) is 0 Å². The Bertz CT molecular complexity index is 413. The maximum atomic E-state index is 11.8. The highest BCUT2D eigenvalue weighted by Crippen LogP contribution is 2.29. The van der Waals surface area contributed by atoms with Crippen molar-refractivity contribution in [2.45, 2.75) is 12.5 Å². The molecule has 1 saturated heterocycles. The lowest BCUT2D eigenvalue weighted by Crippen LogP contribution is -2.59. The van der Waals surface area contributed by atoms with E-state index in [0.717, 1.165) is 0 Å². The Morgan fingerprint density at radius 3 is 2.38 bits per heavy atom. The summed E-state index contributed by atoms with van der Waals surface area (Å²) in [6.45, 7) is 2.95. The van der Waals surface area contributed by atoms with Gasteiger partial charge in [-0.1, -0.05) is 0 Å². The van der Waals surface area contributed by atoms with E-state index >= 15 is 0 Å². The molecule has 16 heavy (non-hydrogen) atoms. The van der Waals surface area contributed by atoms with E-state index < -0.39 is 5.54 Å². The highest BCUT2D eigenvalue weighted by molar-refractivity contribution is 5.88. The summed E-state index contributed by atoms with van der Waals surface area (Å²) in [6.07, 6.45) is 0. The Kier molecular flexibility index (Phi) is 2.47. The van der Waals surface area contributed by atoms with Gasteiger partial charge in [0.05, 0.1) is 0 Å². The topological polar surface area (TPSA) is 81.6 Å². The van der Waals surface area contributed by atoms with Gasteiger partial charge in [0.1, 0.15) is 17.0 Å². The molecule has 4 N–H and O–H groups in total. The van der Waals surface area contributed by atoms with Gasteiger partial charge >= 0.3 is 0 Å². The number of piperazine rings is 1. The quantitative estimate of drug-likeness (QED) is 0.540. The standard InChI is InChI=1S/C11H14N2O3/c1-11(10(16)12-2-3-13-11)7-4-8(14)6-9(15)5-7/h4-6,13-15H,2-3H2,1H3,(H,12,16). The second kappa shape index (κ2) is 3.68. The van der Waals surface area contributed by atoms with Crippen molar-refractivity contribution in [2.75, 3.05) is 13.1 Å². The van der Waals surface area contributed by atoms with E-state index in [-0.39, 0.29) is 17.4 Å². The van der Waals surface area contributed by atoms with Gasteiger partial charge in [0, 0.05) is 19.2 Å². The van der Waals surface area contributed by atoms with Crippen molar-refractivity contribution in [1.29, 1.82) is 0 Å². The molecule has 1 heterocycles. The van der Waals surface area contributed by atoms with Crippen LogP contribution in [0.1, 0.15) is 12.5 Å². The van der Waals surface area contributed by atoms with Crippen LogP contribution in [0.15, 0.2) is 18.2 Å². The van der Waals surface area contributed by atoms with Gasteiger partial charge in [-0.25, -0.2) is 0 Å². The molecule has 5 heteroatoms. The minimum absolute atomic E-state index is 0.0589. The Morgan fingerprint density at radius 2 is 1.81 bits per heavy atom. The van der Waals surface area contributed by atoms with Crippen LogP contribution in [-0.2, 0) is 10.3 Å². The van der Waals surface area contributed by atoms with E-state index in [4.69, 9.17) is 0 Å². The monoisotopic (exact) mass is 222 g/mol. The minimum atomic E-state index is -0.908. The molecular weight excluding hydrogens is 208 g/mol. The van der Waals surface area contributed by atoms with Gasteiger partial charge in [-0.05, 0) is 24.6 Å². The summed E-state index contributed by atoms with van der Waals surface area (Å²) in [5.74, 6) is -0.281. The van der Waals surface area contributed by atoms with Gasteiger partial charge in [0.25, 0.3) is 0 Å². The van der Waals surface area contributed by atoms with Crippen molar-refractivity contribution in [3.05, 3.63) is 23.8 Å². The molecule has 1 unspecified atom stereocenters. The summed E-state index contributed by atoms with van der Waals surface area (Å²) < 4.78 is 0. The molecule has 0 radical (unpaired) electrons. The molecule has 0 aromatic heterocycles. The first-order chi connectivity index (χ1) is 7.52. The zero-order valence-corrected chi connectivity index (χ0v) is 8.95. The largest absolute Gasteiger partial charge is 0.508 e. The molecule has 0 aliphatic carbocycles. The average Bonchev–Trinajstić information content (AvgIpc) is 2.21. The third-order valence-corrected chi connectivity index (χ3v) is 2.82. The summed E-state index contributed by atoms with van der Waals surface area (Å²) in [7, 11) is 0. The number of aromatic hydroxyl groups is 2. The van der Waals surface area contributed by atoms with Crippen molar-refractivity contribution in [3.63, 3.8) is 0 Å². The smallest absolute Gasteiger partial charge is 0.244 e. The normalized spacial score (nSPS) is 25.2. The third kappa shape index (κ3) is 1.69. The number of benzene rings is 1. The van der Waals surface area contributed by atoms with Crippen molar-refractivity contribution < 1.29 is 15.0 Å². The van der Waals surface area contributed by atoms with Crippen LogP contribution in [0, 0.1) is 0 Å². The highest BCUT2D eigenvalue weighted by Gasteiger charge is 2.37. The van der Waals surface area contributed by atoms with E-state index in [1.807, 2.05) is 0 Å². The molecule has 1 aliphatic heterocycles. The predicted octanol–water partition coefficient (Wildman–Crippen LogP) is 0.0324. The number of carbonyl (C=O) groups excluding carboxylic acids is 1. The number of amides is 1. The molecule has 1 amide bonds. The van der Waals surface area contributed by atoms with Crippen LogP contribution in [0.5, 0.6) is 11.5 Å². The number of phenols is 2. The molecule has 1 atom stereocenters. The van der Waals surface area contributed by atoms with Crippen molar-refractivity contribution in [2.24, 2.45) is 0 Å². The Balaban J connectivity index is 2.44. The first kappa shape index (κ1) is 10.8. The van der Waals surface area contributed by atoms with Crippen LogP contribution in [0.25, 0.3) is 0 Å². The van der Waals surface area contributed by atoms with Gasteiger partial charge in [0.2, 0.25) is 5.91 Å².